The summed E-state index contributed by atoms with van der Waals surface area (Å²) in [6.45, 7) is 0.296. The molecule has 2 unspecified atom stereocenters. The number of aliphatic hydroxyl groups is 1. The van der Waals surface area contributed by atoms with Gasteiger partial charge in [-0.3, -0.25) is 8.99 Å². The van der Waals surface area contributed by atoms with E-state index in [1.54, 1.807) is 13.2 Å². The van der Waals surface area contributed by atoms with Crippen LogP contribution in [0.15, 0.2) is 18.5 Å². The topological polar surface area (TPSA) is 117 Å². The van der Waals surface area contributed by atoms with Gasteiger partial charge in [0, 0.05) is 26.7 Å². The number of aliphatic hydroxyl groups excluding tert-OH is 1. The van der Waals surface area contributed by atoms with Crippen LogP contribution in [0.5, 0.6) is 0 Å². The van der Waals surface area contributed by atoms with E-state index in [-0.39, 0.29) is 0 Å². The second-order valence-electron chi connectivity index (χ2n) is 8.92. The molecule has 0 saturated carbocycles. The van der Waals surface area contributed by atoms with Crippen LogP contribution in [0.1, 0.15) is 41.5 Å². The van der Waals surface area contributed by atoms with Crippen LogP contribution >= 0.6 is 0 Å². The molecule has 0 spiro atoms. The number of hydrogen-bond acceptors (Lipinski definition) is 6. The molecule has 1 fully saturated rings. The van der Waals surface area contributed by atoms with Crippen molar-refractivity contribution < 1.29 is 23.1 Å². The van der Waals surface area contributed by atoms with Crippen LogP contribution in [0.25, 0.3) is 0 Å². The molecule has 1 aliphatic heterocycles. The minimum absolute atomic E-state index is 0.296. The van der Waals surface area contributed by atoms with Gasteiger partial charge in [0.25, 0.3) is 0 Å². The summed E-state index contributed by atoms with van der Waals surface area (Å²) in [4.78, 5) is 13.6. The van der Waals surface area contributed by atoms with E-state index in [0.29, 0.717) is 24.4 Å². The Hall–Kier alpha value is -2.63. The summed E-state index contributed by atoms with van der Waals surface area (Å²) >= 11 is 0. The smallest absolute Gasteiger partial charge is 0.339 e. The molecule has 2 amide bonds. The Morgan fingerprint density at radius 3 is 2.42 bits per heavy atom. The first-order valence-corrected chi connectivity index (χ1v) is 12.7. The van der Waals surface area contributed by atoms with Gasteiger partial charge in [-0.25, -0.2) is 4.79 Å². The van der Waals surface area contributed by atoms with Gasteiger partial charge in [-0.2, -0.15) is 17.8 Å². The number of hydrogen-bond donors (Lipinski definition) is 2. The van der Waals surface area contributed by atoms with Crippen molar-refractivity contribution in [3.05, 3.63) is 40.7 Å². The molecule has 1 aromatic carbocycles. The van der Waals surface area contributed by atoms with Gasteiger partial charge in [-0.05, 0) is 60.8 Å². The van der Waals surface area contributed by atoms with Gasteiger partial charge in [-0.1, -0.05) is 6.07 Å². The SMILES string of the molecule is CN(c1cnn(C)c1)S(=O)(=O)N(C(=O)NC1OCCC1O)c1c2c(cc3c1CCC3)CCC2. The number of carbonyl (C=O) groups excluding carboxylic acids is 1. The molecule has 2 aliphatic carbocycles. The molecule has 0 bridgehead atoms. The number of aryl methyl sites for hydroxylation is 3. The van der Waals surface area contributed by atoms with Gasteiger partial charge >= 0.3 is 16.2 Å². The number of nitrogens with zero attached hydrogens (tertiary/aromatic N) is 4. The normalized spacial score (nSPS) is 21.7. The summed E-state index contributed by atoms with van der Waals surface area (Å²) in [5.74, 6) is 0. The third kappa shape index (κ3) is 3.77. The monoisotopic (exact) mass is 475 g/mol. The van der Waals surface area contributed by atoms with E-state index in [1.165, 1.54) is 17.9 Å². The molecule has 11 heteroatoms. The van der Waals surface area contributed by atoms with E-state index in [4.69, 9.17) is 4.74 Å². The molecule has 33 heavy (non-hydrogen) atoms. The molecule has 178 valence electrons. The lowest BCUT2D eigenvalue weighted by atomic mass is 9.99. The Bertz CT molecular complexity index is 1160. The zero-order valence-electron chi connectivity index (χ0n) is 18.8. The standard InChI is InChI=1S/C22H29N5O5S/c1-25-13-16(12-23-25)26(2)33(30,31)27(22(29)24-21-19(28)9-10-32-21)20-17-7-3-5-14(17)11-15-6-4-8-18(15)20/h11-13,19,21,28H,3-10H2,1-2H3,(H,24,29). The molecule has 2 heterocycles. The molecular formula is C22H29N5O5S. The molecule has 5 rings (SSSR count). The number of fused-ring (bicyclic) bond motifs is 2. The molecule has 10 nitrogen and oxygen atoms in total. The van der Waals surface area contributed by atoms with Crippen LogP contribution in [0.2, 0.25) is 0 Å². The molecule has 3 aliphatic rings. The third-order valence-corrected chi connectivity index (χ3v) is 8.50. The van der Waals surface area contributed by atoms with Gasteiger partial charge < -0.3 is 15.2 Å². The summed E-state index contributed by atoms with van der Waals surface area (Å²) in [6, 6.07) is 1.36. The van der Waals surface area contributed by atoms with Crippen LogP contribution in [-0.2, 0) is 47.7 Å². The van der Waals surface area contributed by atoms with Gasteiger partial charge in [-0.15, -0.1) is 0 Å². The number of ether oxygens (including phenoxy) is 1. The predicted octanol–water partition coefficient (Wildman–Crippen LogP) is 1.40. The minimum atomic E-state index is -4.33. The second-order valence-corrected chi connectivity index (χ2v) is 10.7. The van der Waals surface area contributed by atoms with Crippen LogP contribution in [0.3, 0.4) is 0 Å². The molecule has 2 N–H and O–H groups in total. The zero-order chi connectivity index (χ0) is 23.3. The first-order chi connectivity index (χ1) is 15.8. The number of urea groups is 1. The molecule has 0 radical (unpaired) electrons. The highest BCUT2D eigenvalue weighted by Crippen LogP contribution is 2.42. The summed E-state index contributed by atoms with van der Waals surface area (Å²) < 4.78 is 36.9. The van der Waals surface area contributed by atoms with E-state index < -0.39 is 28.6 Å². The van der Waals surface area contributed by atoms with E-state index in [0.717, 1.165) is 69.4 Å². The molecular weight excluding hydrogens is 446 g/mol. The van der Waals surface area contributed by atoms with E-state index in [9.17, 15) is 18.3 Å². The Labute approximate surface area is 193 Å². The Morgan fingerprint density at radius 1 is 1.21 bits per heavy atom. The van der Waals surface area contributed by atoms with Gasteiger partial charge in [0.05, 0.1) is 24.2 Å². The summed E-state index contributed by atoms with van der Waals surface area (Å²) in [6.07, 6.45) is 6.57. The van der Waals surface area contributed by atoms with Crippen LogP contribution in [0.4, 0.5) is 16.2 Å². The maximum Gasteiger partial charge on any atom is 0.339 e. The quantitative estimate of drug-likeness (QED) is 0.675. The first-order valence-electron chi connectivity index (χ1n) is 11.3. The molecule has 2 atom stereocenters. The van der Waals surface area contributed by atoms with Crippen molar-refractivity contribution >= 4 is 27.6 Å². The number of benzene rings is 1. The highest BCUT2D eigenvalue weighted by atomic mass is 32.2. The van der Waals surface area contributed by atoms with Crippen molar-refractivity contribution in [2.45, 2.75) is 57.3 Å². The number of anilines is 2. The number of aromatic nitrogens is 2. The lowest BCUT2D eigenvalue weighted by Gasteiger charge is -2.32. The average Bonchev–Trinajstić information content (AvgIpc) is 3.56. The third-order valence-electron chi connectivity index (χ3n) is 6.79. The lowest BCUT2D eigenvalue weighted by Crippen LogP contribution is -2.54. The van der Waals surface area contributed by atoms with Crippen LogP contribution in [-0.4, -0.2) is 55.3 Å². The first kappa shape index (κ1) is 22.2. The number of amides is 2. The number of carbonyl (C=O) groups is 1. The fraction of sp³-hybridized carbons (Fsp3) is 0.545. The van der Waals surface area contributed by atoms with Crippen molar-refractivity contribution in [3.8, 4) is 0 Å². The van der Waals surface area contributed by atoms with Gasteiger partial charge in [0.2, 0.25) is 0 Å². The Balaban J connectivity index is 1.64. The average molecular weight is 476 g/mol. The van der Waals surface area contributed by atoms with Crippen molar-refractivity contribution in [1.29, 1.82) is 0 Å². The highest BCUT2D eigenvalue weighted by Gasteiger charge is 2.41. The summed E-state index contributed by atoms with van der Waals surface area (Å²) in [5.41, 5.74) is 4.87. The maximum absolute atomic E-state index is 14.0. The van der Waals surface area contributed by atoms with Gasteiger partial charge in [0.15, 0.2) is 6.23 Å². The number of nitrogens with one attached hydrogen (secondary N) is 1. The largest absolute Gasteiger partial charge is 0.388 e. The van der Waals surface area contributed by atoms with Crippen molar-refractivity contribution in [3.63, 3.8) is 0 Å². The Kier molecular flexibility index (Phi) is 5.58. The molecule has 1 saturated heterocycles. The van der Waals surface area contributed by atoms with Crippen molar-refractivity contribution in [2.24, 2.45) is 7.05 Å². The maximum atomic E-state index is 14.0. The zero-order valence-corrected chi connectivity index (χ0v) is 19.6. The lowest BCUT2D eigenvalue weighted by molar-refractivity contribution is 0.0277. The molecule has 1 aromatic heterocycles. The highest BCUT2D eigenvalue weighted by molar-refractivity contribution is 7.94. The molecule has 2 aromatic rings. The Morgan fingerprint density at radius 2 is 1.88 bits per heavy atom. The van der Waals surface area contributed by atoms with Crippen molar-refractivity contribution in [1.82, 2.24) is 15.1 Å². The van der Waals surface area contributed by atoms with Crippen molar-refractivity contribution in [2.75, 3.05) is 22.3 Å². The van der Waals surface area contributed by atoms with Gasteiger partial charge in [0.1, 0.15) is 6.10 Å². The van der Waals surface area contributed by atoms with Crippen LogP contribution in [0, 0.1) is 0 Å². The second kappa shape index (κ2) is 8.30. The van der Waals surface area contributed by atoms with Crippen LogP contribution < -0.4 is 13.9 Å². The minimum Gasteiger partial charge on any atom is -0.388 e. The summed E-state index contributed by atoms with van der Waals surface area (Å²) in [7, 11) is -1.22. The summed E-state index contributed by atoms with van der Waals surface area (Å²) in [5, 5.41) is 16.9. The number of rotatable bonds is 5. The fourth-order valence-electron chi connectivity index (χ4n) is 5.08. The van der Waals surface area contributed by atoms with E-state index in [1.807, 2.05) is 0 Å². The van der Waals surface area contributed by atoms with E-state index in [2.05, 4.69) is 16.5 Å². The predicted molar refractivity (Wildman–Crippen MR) is 122 cm³/mol. The van der Waals surface area contributed by atoms with E-state index >= 15 is 0 Å². The fourth-order valence-corrected chi connectivity index (χ4v) is 6.39.